The molecule has 0 aliphatic carbocycles. The zero-order chi connectivity index (χ0) is 10.3. The van der Waals surface area contributed by atoms with Crippen molar-refractivity contribution in [1.29, 1.82) is 0 Å². The predicted molar refractivity (Wildman–Crippen MR) is 66.0 cm³/mol. The fourth-order valence-electron chi connectivity index (χ4n) is 1.88. The summed E-state index contributed by atoms with van der Waals surface area (Å²) in [6.07, 6.45) is 4.61. The van der Waals surface area contributed by atoms with Crippen LogP contribution >= 0.6 is 11.8 Å². The van der Waals surface area contributed by atoms with Gasteiger partial charge in [0.25, 0.3) is 0 Å². The van der Waals surface area contributed by atoms with Gasteiger partial charge in [0.1, 0.15) is 0 Å². The van der Waals surface area contributed by atoms with Crippen LogP contribution in [0, 0.1) is 5.92 Å². The fourth-order valence-corrected chi connectivity index (χ4v) is 3.00. The minimum Gasteiger partial charge on any atom is -0.316 e. The molecule has 1 fully saturated rings. The van der Waals surface area contributed by atoms with Gasteiger partial charge >= 0.3 is 0 Å². The maximum Gasteiger partial charge on any atom is 0.0502 e. The summed E-state index contributed by atoms with van der Waals surface area (Å²) < 4.78 is 0. The second-order valence-corrected chi connectivity index (χ2v) is 5.08. The van der Waals surface area contributed by atoms with Crippen molar-refractivity contribution >= 4 is 11.8 Å². The topological polar surface area (TPSA) is 24.9 Å². The van der Waals surface area contributed by atoms with E-state index in [1.54, 1.807) is 0 Å². The van der Waals surface area contributed by atoms with Crippen LogP contribution in [0.5, 0.6) is 0 Å². The van der Waals surface area contributed by atoms with E-state index in [1.165, 1.54) is 37.4 Å². The van der Waals surface area contributed by atoms with Crippen LogP contribution in [0.15, 0.2) is 24.4 Å². The SMILES string of the molecule is c1ccc(CSC[C@H]2CCCNC2)nc1. The molecule has 0 unspecified atom stereocenters. The quantitative estimate of drug-likeness (QED) is 0.846. The largest absolute Gasteiger partial charge is 0.316 e. The van der Waals surface area contributed by atoms with Crippen LogP contribution in [0.3, 0.4) is 0 Å². The maximum absolute atomic E-state index is 4.32. The van der Waals surface area contributed by atoms with Gasteiger partial charge in [0.05, 0.1) is 5.69 Å². The van der Waals surface area contributed by atoms with Gasteiger partial charge < -0.3 is 5.32 Å². The first-order valence-electron chi connectivity index (χ1n) is 5.63. The van der Waals surface area contributed by atoms with E-state index in [0.717, 1.165) is 11.7 Å². The number of nitrogens with one attached hydrogen (secondary N) is 1. The summed E-state index contributed by atoms with van der Waals surface area (Å²) in [5.74, 6) is 3.19. The molecule has 0 bridgehead atoms. The molecule has 2 heterocycles. The van der Waals surface area contributed by atoms with E-state index >= 15 is 0 Å². The molecule has 1 N–H and O–H groups in total. The van der Waals surface area contributed by atoms with Crippen LogP contribution in [-0.2, 0) is 5.75 Å². The van der Waals surface area contributed by atoms with Gasteiger partial charge in [0.15, 0.2) is 0 Å². The second-order valence-electron chi connectivity index (χ2n) is 4.05. The third-order valence-electron chi connectivity index (χ3n) is 2.73. The zero-order valence-electron chi connectivity index (χ0n) is 8.98. The highest BCUT2D eigenvalue weighted by Crippen LogP contribution is 2.18. The molecule has 1 aromatic heterocycles. The van der Waals surface area contributed by atoms with Gasteiger partial charge in [-0.25, -0.2) is 0 Å². The molecule has 1 atom stereocenters. The van der Waals surface area contributed by atoms with E-state index in [9.17, 15) is 0 Å². The molecular formula is C12H18N2S. The summed E-state index contributed by atoms with van der Waals surface area (Å²) in [5.41, 5.74) is 1.20. The molecule has 1 aromatic rings. The van der Waals surface area contributed by atoms with Crippen molar-refractivity contribution < 1.29 is 0 Å². The number of hydrogen-bond acceptors (Lipinski definition) is 3. The minimum absolute atomic E-state index is 0.868. The molecule has 1 saturated heterocycles. The Morgan fingerprint density at radius 2 is 2.47 bits per heavy atom. The monoisotopic (exact) mass is 222 g/mol. The van der Waals surface area contributed by atoms with E-state index in [1.807, 2.05) is 24.0 Å². The van der Waals surface area contributed by atoms with Crippen molar-refractivity contribution in [3.05, 3.63) is 30.1 Å². The Morgan fingerprint density at radius 3 is 3.20 bits per heavy atom. The highest BCUT2D eigenvalue weighted by atomic mass is 32.2. The average Bonchev–Trinajstić information content (AvgIpc) is 2.32. The molecule has 2 rings (SSSR count). The molecule has 15 heavy (non-hydrogen) atoms. The van der Waals surface area contributed by atoms with Crippen LogP contribution < -0.4 is 5.32 Å². The molecule has 0 saturated carbocycles. The first-order valence-corrected chi connectivity index (χ1v) is 6.79. The van der Waals surface area contributed by atoms with Gasteiger partial charge in [0.2, 0.25) is 0 Å². The molecule has 1 aliphatic rings. The lowest BCUT2D eigenvalue weighted by atomic mass is 10.0. The first kappa shape index (κ1) is 11.0. The van der Waals surface area contributed by atoms with Crippen LogP contribution in [-0.4, -0.2) is 23.8 Å². The van der Waals surface area contributed by atoms with E-state index in [2.05, 4.69) is 22.4 Å². The Kier molecular flexibility index (Phi) is 4.48. The predicted octanol–water partition coefficient (Wildman–Crippen LogP) is 2.31. The summed E-state index contributed by atoms with van der Waals surface area (Å²) in [6, 6.07) is 6.14. The average molecular weight is 222 g/mol. The normalized spacial score (nSPS) is 21.5. The number of hydrogen-bond donors (Lipinski definition) is 1. The summed E-state index contributed by atoms with van der Waals surface area (Å²) in [5, 5.41) is 3.45. The zero-order valence-corrected chi connectivity index (χ0v) is 9.80. The van der Waals surface area contributed by atoms with Gasteiger partial charge in [-0.2, -0.15) is 11.8 Å². The Labute approximate surface area is 95.9 Å². The van der Waals surface area contributed by atoms with Gasteiger partial charge in [-0.05, 0) is 49.7 Å². The van der Waals surface area contributed by atoms with Crippen molar-refractivity contribution in [2.24, 2.45) is 5.92 Å². The number of piperidine rings is 1. The van der Waals surface area contributed by atoms with Crippen LogP contribution in [0.4, 0.5) is 0 Å². The lowest BCUT2D eigenvalue weighted by Crippen LogP contribution is -2.30. The molecule has 3 heteroatoms. The van der Waals surface area contributed by atoms with E-state index in [-0.39, 0.29) is 0 Å². The van der Waals surface area contributed by atoms with E-state index in [0.29, 0.717) is 0 Å². The number of aromatic nitrogens is 1. The smallest absolute Gasteiger partial charge is 0.0502 e. The summed E-state index contributed by atoms with van der Waals surface area (Å²) in [7, 11) is 0. The van der Waals surface area contributed by atoms with E-state index < -0.39 is 0 Å². The Hall–Kier alpha value is -0.540. The lowest BCUT2D eigenvalue weighted by molar-refractivity contribution is 0.410. The molecule has 0 aromatic carbocycles. The molecule has 2 nitrogen and oxygen atoms in total. The van der Waals surface area contributed by atoms with Crippen LogP contribution in [0.25, 0.3) is 0 Å². The highest BCUT2D eigenvalue weighted by Gasteiger charge is 2.12. The summed E-state index contributed by atoms with van der Waals surface area (Å²) >= 11 is 2.01. The van der Waals surface area contributed by atoms with Gasteiger partial charge in [-0.3, -0.25) is 4.98 Å². The number of pyridine rings is 1. The number of rotatable bonds is 4. The maximum atomic E-state index is 4.32. The molecule has 0 radical (unpaired) electrons. The molecule has 0 amide bonds. The van der Waals surface area contributed by atoms with E-state index in [4.69, 9.17) is 0 Å². The second kappa shape index (κ2) is 6.13. The minimum atomic E-state index is 0.868. The fraction of sp³-hybridized carbons (Fsp3) is 0.583. The van der Waals surface area contributed by atoms with Crippen LogP contribution in [0.1, 0.15) is 18.5 Å². The Balaban J connectivity index is 1.66. The third-order valence-corrected chi connectivity index (χ3v) is 3.94. The first-order chi connectivity index (χ1) is 7.45. The molecule has 1 aliphatic heterocycles. The summed E-state index contributed by atoms with van der Waals surface area (Å²) in [4.78, 5) is 4.32. The summed E-state index contributed by atoms with van der Waals surface area (Å²) in [6.45, 7) is 2.41. The third kappa shape index (κ3) is 3.84. The lowest BCUT2D eigenvalue weighted by Gasteiger charge is -2.22. The Bertz CT molecular complexity index is 270. The number of thioether (sulfide) groups is 1. The van der Waals surface area contributed by atoms with Gasteiger partial charge in [-0.1, -0.05) is 6.07 Å². The van der Waals surface area contributed by atoms with Crippen molar-refractivity contribution in [3.63, 3.8) is 0 Å². The molecular weight excluding hydrogens is 204 g/mol. The van der Waals surface area contributed by atoms with Gasteiger partial charge in [0, 0.05) is 11.9 Å². The standard InChI is InChI=1S/C12H18N2S/c1-2-7-14-12(5-1)10-15-9-11-4-3-6-13-8-11/h1-2,5,7,11,13H,3-4,6,8-10H2/t11-/m0/s1. The Morgan fingerprint density at radius 1 is 1.47 bits per heavy atom. The molecule has 0 spiro atoms. The van der Waals surface area contributed by atoms with Crippen molar-refractivity contribution in [1.82, 2.24) is 10.3 Å². The molecule has 82 valence electrons. The van der Waals surface area contributed by atoms with Crippen molar-refractivity contribution in [2.75, 3.05) is 18.8 Å². The van der Waals surface area contributed by atoms with Crippen molar-refractivity contribution in [3.8, 4) is 0 Å². The van der Waals surface area contributed by atoms with Gasteiger partial charge in [-0.15, -0.1) is 0 Å². The highest BCUT2D eigenvalue weighted by molar-refractivity contribution is 7.98. The van der Waals surface area contributed by atoms with Crippen LogP contribution in [0.2, 0.25) is 0 Å². The van der Waals surface area contributed by atoms with Crippen molar-refractivity contribution in [2.45, 2.75) is 18.6 Å². The number of nitrogens with zero attached hydrogens (tertiary/aromatic N) is 1.